The monoisotopic (exact) mass is 357 g/mol. The van der Waals surface area contributed by atoms with Crippen molar-refractivity contribution in [3.05, 3.63) is 23.2 Å². The van der Waals surface area contributed by atoms with Gasteiger partial charge in [-0.15, -0.1) is 0 Å². The van der Waals surface area contributed by atoms with Gasteiger partial charge in [0.1, 0.15) is 5.75 Å². The fourth-order valence-corrected chi connectivity index (χ4v) is 3.86. The fourth-order valence-electron chi connectivity index (χ4n) is 2.63. The molecule has 1 fully saturated rings. The number of hydrogen-bond acceptors (Lipinski definition) is 4. The lowest BCUT2D eigenvalue weighted by atomic mass is 10.2. The van der Waals surface area contributed by atoms with Crippen LogP contribution in [0.15, 0.2) is 18.2 Å². The van der Waals surface area contributed by atoms with Gasteiger partial charge in [0.15, 0.2) is 0 Å². The Hall–Kier alpha value is -1.11. The van der Waals surface area contributed by atoms with Gasteiger partial charge in [-0.25, -0.2) is 4.79 Å². The van der Waals surface area contributed by atoms with Gasteiger partial charge in [0.25, 0.3) is 0 Å². The number of ether oxygens (including phenoxy) is 1. The molecule has 0 aliphatic carbocycles. The first kappa shape index (κ1) is 18.2. The van der Waals surface area contributed by atoms with Gasteiger partial charge in [-0.05, 0) is 44.5 Å². The van der Waals surface area contributed by atoms with Crippen molar-refractivity contribution >= 4 is 35.1 Å². The first-order chi connectivity index (χ1) is 11.0. The van der Waals surface area contributed by atoms with Crippen LogP contribution >= 0.6 is 23.4 Å². The van der Waals surface area contributed by atoms with Crippen LogP contribution in [0.3, 0.4) is 0 Å². The Labute approximate surface area is 147 Å². The quantitative estimate of drug-likeness (QED) is 0.898. The number of urea groups is 1. The second kappa shape index (κ2) is 8.66. The maximum atomic E-state index is 12.8. The molecule has 1 aliphatic heterocycles. The number of likely N-dealkylation sites (N-methyl/N-ethyl adjacent to an activating group) is 1. The largest absolute Gasteiger partial charge is 0.495 e. The Morgan fingerprint density at radius 2 is 2.30 bits per heavy atom. The van der Waals surface area contributed by atoms with E-state index in [4.69, 9.17) is 16.3 Å². The summed E-state index contributed by atoms with van der Waals surface area (Å²) in [7, 11) is 5.65. The van der Waals surface area contributed by atoms with Crippen molar-refractivity contribution in [2.45, 2.75) is 12.5 Å². The van der Waals surface area contributed by atoms with E-state index >= 15 is 0 Å². The van der Waals surface area contributed by atoms with E-state index in [2.05, 4.69) is 10.2 Å². The molecular formula is C16H24ClN3O2S. The average Bonchev–Trinajstić information content (AvgIpc) is 2.72. The number of methoxy groups -OCH3 is 1. The van der Waals surface area contributed by atoms with Crippen LogP contribution in [0.25, 0.3) is 0 Å². The molecule has 1 saturated heterocycles. The van der Waals surface area contributed by atoms with Crippen molar-refractivity contribution in [3.8, 4) is 5.75 Å². The molecule has 23 heavy (non-hydrogen) atoms. The van der Waals surface area contributed by atoms with Crippen LogP contribution < -0.4 is 10.1 Å². The molecule has 1 aromatic rings. The van der Waals surface area contributed by atoms with E-state index < -0.39 is 0 Å². The zero-order chi connectivity index (χ0) is 16.8. The highest BCUT2D eigenvalue weighted by atomic mass is 35.5. The van der Waals surface area contributed by atoms with Crippen molar-refractivity contribution in [1.29, 1.82) is 0 Å². The van der Waals surface area contributed by atoms with E-state index in [1.54, 1.807) is 25.3 Å². The summed E-state index contributed by atoms with van der Waals surface area (Å²) in [6.45, 7) is 1.62. The molecule has 0 bridgehead atoms. The first-order valence-corrected chi connectivity index (χ1v) is 9.18. The molecule has 0 radical (unpaired) electrons. The molecule has 128 valence electrons. The smallest absolute Gasteiger partial charge is 0.322 e. The van der Waals surface area contributed by atoms with Gasteiger partial charge in [0.2, 0.25) is 0 Å². The van der Waals surface area contributed by atoms with E-state index in [0.29, 0.717) is 16.5 Å². The summed E-state index contributed by atoms with van der Waals surface area (Å²) in [4.78, 5) is 16.8. The van der Waals surface area contributed by atoms with Crippen LogP contribution in [0.5, 0.6) is 5.75 Å². The Balaban J connectivity index is 2.14. The van der Waals surface area contributed by atoms with Crippen molar-refractivity contribution < 1.29 is 9.53 Å². The van der Waals surface area contributed by atoms with Gasteiger partial charge in [-0.2, -0.15) is 11.8 Å². The number of nitrogens with one attached hydrogen (secondary N) is 1. The maximum absolute atomic E-state index is 12.8. The number of hydrogen-bond donors (Lipinski definition) is 1. The number of nitrogens with zero attached hydrogens (tertiary/aromatic N) is 2. The second-order valence-electron chi connectivity index (χ2n) is 5.81. The van der Waals surface area contributed by atoms with Crippen LogP contribution in [0.4, 0.5) is 10.5 Å². The van der Waals surface area contributed by atoms with Crippen LogP contribution in [-0.4, -0.2) is 67.7 Å². The van der Waals surface area contributed by atoms with Crippen LogP contribution in [0.1, 0.15) is 6.42 Å². The Kier molecular flexibility index (Phi) is 6.87. The minimum absolute atomic E-state index is 0.0973. The highest BCUT2D eigenvalue weighted by molar-refractivity contribution is 7.99. The molecule has 1 aromatic carbocycles. The number of amides is 2. The predicted molar refractivity (Wildman–Crippen MR) is 98.0 cm³/mol. The lowest BCUT2D eigenvalue weighted by molar-refractivity contribution is 0.180. The normalized spacial score (nSPS) is 18.7. The molecule has 1 heterocycles. The highest BCUT2D eigenvalue weighted by Gasteiger charge is 2.26. The molecule has 0 spiro atoms. The minimum Gasteiger partial charge on any atom is -0.495 e. The van der Waals surface area contributed by atoms with Gasteiger partial charge in [-0.1, -0.05) is 11.6 Å². The fraction of sp³-hybridized carbons (Fsp3) is 0.562. The summed E-state index contributed by atoms with van der Waals surface area (Å²) >= 11 is 7.95. The highest BCUT2D eigenvalue weighted by Crippen LogP contribution is 2.28. The molecule has 1 atom stereocenters. The van der Waals surface area contributed by atoms with E-state index in [0.717, 1.165) is 31.0 Å². The average molecular weight is 358 g/mol. The topological polar surface area (TPSA) is 44.8 Å². The summed E-state index contributed by atoms with van der Waals surface area (Å²) in [5.41, 5.74) is 0.602. The number of rotatable bonds is 4. The third-order valence-corrected chi connectivity index (χ3v) is 5.11. The number of anilines is 1. The lowest BCUT2D eigenvalue weighted by Crippen LogP contribution is -2.48. The number of carbonyl (C=O) groups excluding carboxylic acids is 1. The van der Waals surface area contributed by atoms with Gasteiger partial charge in [0, 0.05) is 23.9 Å². The molecule has 1 aliphatic rings. The van der Waals surface area contributed by atoms with Gasteiger partial charge < -0.3 is 19.9 Å². The predicted octanol–water partition coefficient (Wildman–Crippen LogP) is 3.25. The molecule has 7 heteroatoms. The first-order valence-electron chi connectivity index (χ1n) is 7.65. The Morgan fingerprint density at radius 1 is 1.52 bits per heavy atom. The van der Waals surface area contributed by atoms with E-state index in [1.807, 2.05) is 30.8 Å². The molecule has 5 nitrogen and oxygen atoms in total. The molecular weight excluding hydrogens is 334 g/mol. The van der Waals surface area contributed by atoms with Crippen LogP contribution in [0.2, 0.25) is 5.02 Å². The Bertz CT molecular complexity index is 542. The van der Waals surface area contributed by atoms with E-state index in [9.17, 15) is 4.79 Å². The third kappa shape index (κ3) is 5.19. The van der Waals surface area contributed by atoms with Gasteiger partial charge in [0.05, 0.1) is 18.8 Å². The summed E-state index contributed by atoms with van der Waals surface area (Å²) in [5.74, 6) is 2.66. The van der Waals surface area contributed by atoms with E-state index in [-0.39, 0.29) is 12.1 Å². The summed E-state index contributed by atoms with van der Waals surface area (Å²) in [6, 6.07) is 5.31. The third-order valence-electron chi connectivity index (χ3n) is 3.68. The number of thioether (sulfide) groups is 1. The molecule has 2 rings (SSSR count). The van der Waals surface area contributed by atoms with Crippen molar-refractivity contribution in [2.75, 3.05) is 51.1 Å². The van der Waals surface area contributed by atoms with E-state index in [1.165, 1.54) is 0 Å². The molecule has 0 saturated carbocycles. The lowest BCUT2D eigenvalue weighted by Gasteiger charge is -2.31. The summed E-state index contributed by atoms with van der Waals surface area (Å²) in [6.07, 6.45) is 1.01. The van der Waals surface area contributed by atoms with Gasteiger partial charge in [-0.3, -0.25) is 0 Å². The van der Waals surface area contributed by atoms with Crippen molar-refractivity contribution in [2.24, 2.45) is 0 Å². The molecule has 1 unspecified atom stereocenters. The molecule has 0 aromatic heterocycles. The van der Waals surface area contributed by atoms with Crippen molar-refractivity contribution in [1.82, 2.24) is 9.80 Å². The number of benzene rings is 1. The number of carbonyl (C=O) groups is 1. The minimum atomic E-state index is -0.0973. The standard InChI is InChI=1S/C16H24ClN3O2S/c1-19(2)10-13-11-23-8-4-7-20(13)16(21)18-14-9-12(17)5-6-15(14)22-3/h5-6,9,13H,4,7-8,10-11H2,1-3H3,(H,18,21). The maximum Gasteiger partial charge on any atom is 0.322 e. The van der Waals surface area contributed by atoms with Crippen LogP contribution in [-0.2, 0) is 0 Å². The summed E-state index contributed by atoms with van der Waals surface area (Å²) in [5, 5.41) is 3.52. The van der Waals surface area contributed by atoms with Crippen LogP contribution in [0, 0.1) is 0 Å². The molecule has 1 N–H and O–H groups in total. The molecule has 2 amide bonds. The summed E-state index contributed by atoms with van der Waals surface area (Å²) < 4.78 is 5.30. The zero-order valence-corrected chi connectivity index (χ0v) is 15.4. The SMILES string of the molecule is COc1ccc(Cl)cc1NC(=O)N1CCCSCC1CN(C)C. The second-order valence-corrected chi connectivity index (χ2v) is 7.40. The number of halogens is 1. The van der Waals surface area contributed by atoms with Crippen molar-refractivity contribution in [3.63, 3.8) is 0 Å². The van der Waals surface area contributed by atoms with Gasteiger partial charge >= 0.3 is 6.03 Å². The Morgan fingerprint density at radius 3 is 3.00 bits per heavy atom. The zero-order valence-electron chi connectivity index (χ0n) is 13.8.